The Kier molecular flexibility index (Phi) is 6.87. The highest BCUT2D eigenvalue weighted by molar-refractivity contribution is 7.92. The van der Waals surface area contributed by atoms with Crippen molar-refractivity contribution >= 4 is 21.6 Å². The van der Waals surface area contributed by atoms with Gasteiger partial charge in [-0.2, -0.15) is 0 Å². The van der Waals surface area contributed by atoms with Gasteiger partial charge in [-0.3, -0.25) is 9.52 Å². The van der Waals surface area contributed by atoms with Gasteiger partial charge in [-0.1, -0.05) is 48.5 Å². The van der Waals surface area contributed by atoms with Crippen LogP contribution in [0.1, 0.15) is 28.4 Å². The van der Waals surface area contributed by atoms with Crippen molar-refractivity contribution in [1.82, 2.24) is 4.90 Å². The zero-order valence-electron chi connectivity index (χ0n) is 16.6. The first-order valence-corrected chi connectivity index (χ1v) is 11.0. The molecular weight excluding hydrogens is 400 g/mol. The highest BCUT2D eigenvalue weighted by Crippen LogP contribution is 2.25. The molecule has 2 N–H and O–H groups in total. The van der Waals surface area contributed by atoms with Gasteiger partial charge in [0, 0.05) is 24.9 Å². The van der Waals surface area contributed by atoms with E-state index in [0.29, 0.717) is 17.7 Å². The Morgan fingerprint density at radius 3 is 2.07 bits per heavy atom. The quantitative estimate of drug-likeness (QED) is 0.578. The molecule has 0 fully saturated rings. The molecule has 0 spiro atoms. The van der Waals surface area contributed by atoms with Crippen LogP contribution in [0.3, 0.4) is 0 Å². The molecule has 0 aromatic heterocycles. The maximum atomic E-state index is 13.0. The zero-order valence-corrected chi connectivity index (χ0v) is 17.4. The standard InChI is InChI=1S/C23H24N2O4S/c1-25(22(16-17-26)18-8-4-2-5-9-18)23(27)19-12-14-20(15-13-19)24-30(28,29)21-10-6-3-7-11-21/h2-15,22,24,26H,16-17H2,1H3. The molecule has 1 unspecified atom stereocenters. The first kappa shape index (κ1) is 21.5. The molecule has 0 radical (unpaired) electrons. The lowest BCUT2D eigenvalue weighted by atomic mass is 10.0. The fourth-order valence-corrected chi connectivity index (χ4v) is 4.30. The summed E-state index contributed by atoms with van der Waals surface area (Å²) < 4.78 is 27.4. The van der Waals surface area contributed by atoms with Crippen molar-refractivity contribution in [3.8, 4) is 0 Å². The van der Waals surface area contributed by atoms with Gasteiger partial charge in [-0.15, -0.1) is 0 Å². The molecule has 30 heavy (non-hydrogen) atoms. The van der Waals surface area contributed by atoms with E-state index in [-0.39, 0.29) is 23.5 Å². The maximum Gasteiger partial charge on any atom is 0.261 e. The average Bonchev–Trinajstić information content (AvgIpc) is 2.78. The van der Waals surface area contributed by atoms with Crippen LogP contribution in [0.15, 0.2) is 89.8 Å². The second-order valence-corrected chi connectivity index (χ2v) is 8.53. The minimum Gasteiger partial charge on any atom is -0.396 e. The molecule has 3 aromatic rings. The Balaban J connectivity index is 1.76. The van der Waals surface area contributed by atoms with E-state index < -0.39 is 10.0 Å². The number of anilines is 1. The number of nitrogens with zero attached hydrogens (tertiary/aromatic N) is 1. The van der Waals surface area contributed by atoms with E-state index in [1.54, 1.807) is 54.4 Å². The minimum atomic E-state index is -3.69. The number of hydrogen-bond acceptors (Lipinski definition) is 4. The predicted molar refractivity (Wildman–Crippen MR) is 117 cm³/mol. The van der Waals surface area contributed by atoms with Crippen LogP contribution in [0.5, 0.6) is 0 Å². The number of sulfonamides is 1. The maximum absolute atomic E-state index is 13.0. The fraction of sp³-hybridized carbons (Fsp3) is 0.174. The Labute approximate surface area is 176 Å². The molecule has 0 heterocycles. The molecule has 3 rings (SSSR count). The Morgan fingerprint density at radius 2 is 1.50 bits per heavy atom. The number of nitrogens with one attached hydrogen (secondary N) is 1. The van der Waals surface area contributed by atoms with E-state index in [1.165, 1.54) is 12.1 Å². The lowest BCUT2D eigenvalue weighted by Crippen LogP contribution is -2.31. The Hall–Kier alpha value is -3.16. The second kappa shape index (κ2) is 9.56. The molecule has 3 aromatic carbocycles. The van der Waals surface area contributed by atoms with Crippen LogP contribution in [0.25, 0.3) is 0 Å². The second-order valence-electron chi connectivity index (χ2n) is 6.85. The molecule has 0 saturated carbocycles. The summed E-state index contributed by atoms with van der Waals surface area (Å²) in [5, 5.41) is 9.43. The van der Waals surface area contributed by atoms with Crippen LogP contribution < -0.4 is 4.72 Å². The SMILES string of the molecule is CN(C(=O)c1ccc(NS(=O)(=O)c2ccccc2)cc1)C(CCO)c1ccccc1. The molecular formula is C23H24N2O4S. The molecule has 6 nitrogen and oxygen atoms in total. The van der Waals surface area contributed by atoms with Crippen molar-refractivity contribution in [3.63, 3.8) is 0 Å². The van der Waals surface area contributed by atoms with Gasteiger partial charge in [0.25, 0.3) is 15.9 Å². The van der Waals surface area contributed by atoms with Gasteiger partial charge in [-0.25, -0.2) is 8.42 Å². The molecule has 0 aliphatic rings. The fourth-order valence-electron chi connectivity index (χ4n) is 3.22. The van der Waals surface area contributed by atoms with Gasteiger partial charge >= 0.3 is 0 Å². The van der Waals surface area contributed by atoms with E-state index in [4.69, 9.17) is 0 Å². The first-order chi connectivity index (χ1) is 14.4. The lowest BCUT2D eigenvalue weighted by Gasteiger charge is -2.28. The van der Waals surface area contributed by atoms with Gasteiger partial charge in [0.15, 0.2) is 0 Å². The van der Waals surface area contributed by atoms with Crippen molar-refractivity contribution in [3.05, 3.63) is 96.1 Å². The highest BCUT2D eigenvalue weighted by Gasteiger charge is 2.22. The monoisotopic (exact) mass is 424 g/mol. The number of aliphatic hydroxyl groups is 1. The van der Waals surface area contributed by atoms with Gasteiger partial charge < -0.3 is 10.0 Å². The summed E-state index contributed by atoms with van der Waals surface area (Å²) in [7, 11) is -2.00. The van der Waals surface area contributed by atoms with E-state index in [1.807, 2.05) is 30.3 Å². The summed E-state index contributed by atoms with van der Waals surface area (Å²) in [6.07, 6.45) is 0.418. The Bertz CT molecular complexity index is 1070. The van der Waals surface area contributed by atoms with Gasteiger partial charge in [0.2, 0.25) is 0 Å². The summed E-state index contributed by atoms with van der Waals surface area (Å²) in [6, 6.07) is 23.6. The Morgan fingerprint density at radius 1 is 0.933 bits per heavy atom. The summed E-state index contributed by atoms with van der Waals surface area (Å²) in [5.74, 6) is -0.213. The average molecular weight is 425 g/mol. The van der Waals surface area contributed by atoms with Crippen LogP contribution in [-0.2, 0) is 10.0 Å². The first-order valence-electron chi connectivity index (χ1n) is 9.53. The summed E-state index contributed by atoms with van der Waals surface area (Å²) in [6.45, 7) is -0.0443. The summed E-state index contributed by atoms with van der Waals surface area (Å²) >= 11 is 0. The normalized spacial score (nSPS) is 12.2. The van der Waals surface area contributed by atoms with E-state index >= 15 is 0 Å². The summed E-state index contributed by atoms with van der Waals surface area (Å²) in [5.41, 5.74) is 1.74. The number of carbonyl (C=O) groups is 1. The molecule has 0 aliphatic heterocycles. The topological polar surface area (TPSA) is 86.7 Å². The number of rotatable bonds is 8. The minimum absolute atomic E-state index is 0.0443. The number of carbonyl (C=O) groups excluding carboxylic acids is 1. The third-order valence-electron chi connectivity index (χ3n) is 4.81. The summed E-state index contributed by atoms with van der Waals surface area (Å²) in [4.78, 5) is 14.7. The van der Waals surface area contributed by atoms with Crippen LogP contribution in [0.2, 0.25) is 0 Å². The molecule has 7 heteroatoms. The van der Waals surface area contributed by atoms with Crippen LogP contribution >= 0.6 is 0 Å². The molecule has 0 saturated heterocycles. The van der Waals surface area contributed by atoms with Gasteiger partial charge in [0.05, 0.1) is 10.9 Å². The third kappa shape index (κ3) is 5.06. The number of amides is 1. The predicted octanol–water partition coefficient (Wildman–Crippen LogP) is 3.68. The van der Waals surface area contributed by atoms with Gasteiger partial charge in [-0.05, 0) is 48.4 Å². The molecule has 0 aliphatic carbocycles. The van der Waals surface area contributed by atoms with E-state index in [2.05, 4.69) is 4.72 Å². The smallest absolute Gasteiger partial charge is 0.261 e. The zero-order chi connectivity index (χ0) is 21.6. The largest absolute Gasteiger partial charge is 0.396 e. The van der Waals surface area contributed by atoms with Crippen molar-refractivity contribution in [2.75, 3.05) is 18.4 Å². The molecule has 156 valence electrons. The lowest BCUT2D eigenvalue weighted by molar-refractivity contribution is 0.0705. The van der Waals surface area contributed by atoms with Crippen molar-refractivity contribution < 1.29 is 18.3 Å². The van der Waals surface area contributed by atoms with E-state index in [0.717, 1.165) is 5.56 Å². The van der Waals surface area contributed by atoms with Crippen molar-refractivity contribution in [2.24, 2.45) is 0 Å². The highest BCUT2D eigenvalue weighted by atomic mass is 32.2. The van der Waals surface area contributed by atoms with Crippen LogP contribution in [0, 0.1) is 0 Å². The number of hydrogen-bond donors (Lipinski definition) is 2. The number of aliphatic hydroxyl groups excluding tert-OH is 1. The van der Waals surface area contributed by atoms with Gasteiger partial charge in [0.1, 0.15) is 0 Å². The third-order valence-corrected chi connectivity index (χ3v) is 6.21. The number of benzene rings is 3. The van der Waals surface area contributed by atoms with Crippen LogP contribution in [0.4, 0.5) is 5.69 Å². The van der Waals surface area contributed by atoms with E-state index in [9.17, 15) is 18.3 Å². The van der Waals surface area contributed by atoms with Crippen LogP contribution in [-0.4, -0.2) is 38.0 Å². The molecule has 1 atom stereocenters. The van der Waals surface area contributed by atoms with Crippen molar-refractivity contribution in [1.29, 1.82) is 0 Å². The molecule has 1 amide bonds. The molecule has 0 bridgehead atoms. The van der Waals surface area contributed by atoms with Crippen molar-refractivity contribution in [2.45, 2.75) is 17.4 Å².